The van der Waals surface area contributed by atoms with Crippen LogP contribution in [0.1, 0.15) is 45.0 Å². The van der Waals surface area contributed by atoms with Crippen LogP contribution in [0.15, 0.2) is 35.5 Å². The third-order valence-electron chi connectivity index (χ3n) is 3.47. The molecule has 1 aromatic carbocycles. The number of hydrogen-bond acceptors (Lipinski definition) is 4. The minimum atomic E-state index is -3.72. The molecule has 0 bridgehead atoms. The van der Waals surface area contributed by atoms with Gasteiger partial charge in [-0.2, -0.15) is 0 Å². The molecule has 2 rings (SSSR count). The van der Waals surface area contributed by atoms with Gasteiger partial charge in [-0.05, 0) is 30.5 Å². The van der Waals surface area contributed by atoms with Crippen LogP contribution in [0.3, 0.4) is 0 Å². The van der Waals surface area contributed by atoms with E-state index in [-0.39, 0.29) is 10.8 Å². The molecular weight excluding hydrogens is 300 g/mol. The van der Waals surface area contributed by atoms with Crippen molar-refractivity contribution in [3.63, 3.8) is 0 Å². The smallest absolute Gasteiger partial charge is 0.272 e. The van der Waals surface area contributed by atoms with Crippen LogP contribution in [0.5, 0.6) is 5.75 Å². The number of imidazole rings is 1. The molecule has 0 radical (unpaired) electrons. The van der Waals surface area contributed by atoms with E-state index in [0.717, 1.165) is 5.56 Å². The molecule has 1 heterocycles. The number of rotatable bonds is 6. The van der Waals surface area contributed by atoms with Crippen LogP contribution in [0, 0.1) is 0 Å². The average molecular weight is 322 g/mol. The molecule has 1 aromatic heterocycles. The number of benzene rings is 1. The van der Waals surface area contributed by atoms with E-state index in [1.807, 2.05) is 33.8 Å². The van der Waals surface area contributed by atoms with Crippen LogP contribution >= 0.6 is 0 Å². The van der Waals surface area contributed by atoms with E-state index in [1.165, 1.54) is 16.4 Å². The maximum atomic E-state index is 13.0. The minimum Gasteiger partial charge on any atom is -0.492 e. The van der Waals surface area contributed by atoms with Crippen molar-refractivity contribution < 1.29 is 13.2 Å². The lowest BCUT2D eigenvalue weighted by Crippen LogP contribution is -2.16. The van der Waals surface area contributed by atoms with E-state index in [1.54, 1.807) is 12.1 Å². The maximum absolute atomic E-state index is 13.0. The number of hydrogen-bond donors (Lipinski definition) is 0. The van der Waals surface area contributed by atoms with Crippen molar-refractivity contribution >= 4 is 10.0 Å². The molecule has 0 atom stereocenters. The summed E-state index contributed by atoms with van der Waals surface area (Å²) in [6.45, 7) is 8.18. The first-order chi connectivity index (χ1) is 10.4. The molecule has 22 heavy (non-hydrogen) atoms. The lowest BCUT2D eigenvalue weighted by Gasteiger charge is -2.15. The molecular formula is C16H22N2O3S. The Labute approximate surface area is 132 Å². The van der Waals surface area contributed by atoms with E-state index in [4.69, 9.17) is 4.74 Å². The van der Waals surface area contributed by atoms with E-state index in [2.05, 4.69) is 4.98 Å². The number of nitrogens with zero attached hydrogens (tertiary/aromatic N) is 2. The molecule has 2 aromatic rings. The van der Waals surface area contributed by atoms with Gasteiger partial charge >= 0.3 is 0 Å². The van der Waals surface area contributed by atoms with Gasteiger partial charge in [0.1, 0.15) is 16.5 Å². The molecule has 0 aliphatic heterocycles. The normalized spacial score (nSPS) is 11.9. The Morgan fingerprint density at radius 2 is 2.00 bits per heavy atom. The van der Waals surface area contributed by atoms with Gasteiger partial charge in [0, 0.05) is 18.8 Å². The second-order valence-corrected chi connectivity index (χ2v) is 7.08. The Morgan fingerprint density at radius 3 is 2.59 bits per heavy atom. The Bertz CT molecular complexity index is 749. The van der Waals surface area contributed by atoms with Crippen LogP contribution in [-0.2, 0) is 16.4 Å². The summed E-state index contributed by atoms with van der Waals surface area (Å²) in [5.74, 6) is 1.12. The Kier molecular flexibility index (Phi) is 4.90. The zero-order chi connectivity index (χ0) is 16.3. The van der Waals surface area contributed by atoms with Gasteiger partial charge < -0.3 is 4.74 Å². The van der Waals surface area contributed by atoms with Crippen LogP contribution in [0.25, 0.3) is 0 Å². The molecule has 6 heteroatoms. The largest absolute Gasteiger partial charge is 0.492 e. The van der Waals surface area contributed by atoms with E-state index in [9.17, 15) is 8.42 Å². The SMILES string of the molecule is CCOc1ccc(C(C)C)cc1S(=O)(=O)n1ccnc1CC. The fraction of sp³-hybridized carbons (Fsp3) is 0.438. The van der Waals surface area contributed by atoms with Gasteiger partial charge in [-0.3, -0.25) is 0 Å². The average Bonchev–Trinajstić information content (AvgIpc) is 2.97. The van der Waals surface area contributed by atoms with Gasteiger partial charge in [0.25, 0.3) is 10.0 Å². The van der Waals surface area contributed by atoms with Gasteiger partial charge in [-0.15, -0.1) is 0 Å². The summed E-state index contributed by atoms with van der Waals surface area (Å²) in [6.07, 6.45) is 3.52. The van der Waals surface area contributed by atoms with E-state index < -0.39 is 10.0 Å². The first-order valence-electron chi connectivity index (χ1n) is 7.46. The topological polar surface area (TPSA) is 61.2 Å². The molecule has 0 unspecified atom stereocenters. The fourth-order valence-electron chi connectivity index (χ4n) is 2.25. The third-order valence-corrected chi connectivity index (χ3v) is 5.19. The summed E-state index contributed by atoms with van der Waals surface area (Å²) in [7, 11) is -3.72. The zero-order valence-corrected chi connectivity index (χ0v) is 14.2. The molecule has 120 valence electrons. The van der Waals surface area contributed by atoms with Crippen LogP contribution in [0.4, 0.5) is 0 Å². The van der Waals surface area contributed by atoms with Gasteiger partial charge in [-0.25, -0.2) is 17.4 Å². The van der Waals surface area contributed by atoms with Crippen molar-refractivity contribution in [1.29, 1.82) is 0 Å². The molecule has 0 N–H and O–H groups in total. The van der Waals surface area contributed by atoms with Crippen molar-refractivity contribution in [2.75, 3.05) is 6.61 Å². The summed E-state index contributed by atoms with van der Waals surface area (Å²) >= 11 is 0. The maximum Gasteiger partial charge on any atom is 0.272 e. The molecule has 5 nitrogen and oxygen atoms in total. The summed E-state index contributed by atoms with van der Waals surface area (Å²) in [5.41, 5.74) is 0.959. The van der Waals surface area contributed by atoms with E-state index in [0.29, 0.717) is 24.6 Å². The number of aromatic nitrogens is 2. The highest BCUT2D eigenvalue weighted by Crippen LogP contribution is 2.30. The lowest BCUT2D eigenvalue weighted by atomic mass is 10.0. The second kappa shape index (κ2) is 6.52. The number of ether oxygens (including phenoxy) is 1. The molecule has 0 saturated heterocycles. The van der Waals surface area contributed by atoms with Gasteiger partial charge in [0.15, 0.2) is 0 Å². The summed E-state index contributed by atoms with van der Waals surface area (Å²) in [5, 5.41) is 0. The molecule has 0 amide bonds. The zero-order valence-electron chi connectivity index (χ0n) is 13.4. The second-order valence-electron chi connectivity index (χ2n) is 5.29. The Hall–Kier alpha value is -1.82. The molecule has 0 aliphatic carbocycles. The predicted octanol–water partition coefficient (Wildman–Crippen LogP) is 3.20. The van der Waals surface area contributed by atoms with Gasteiger partial charge in [-0.1, -0.05) is 26.8 Å². The summed E-state index contributed by atoms with van der Waals surface area (Å²) in [6, 6.07) is 5.34. The first kappa shape index (κ1) is 16.5. The standard InChI is InChI=1S/C16H22N2O3S/c1-5-16-17-9-10-18(16)22(19,20)15-11-13(12(3)4)7-8-14(15)21-6-2/h7-12H,5-6H2,1-4H3. The molecule has 0 aliphatic rings. The van der Waals surface area contributed by atoms with Crippen LogP contribution in [0.2, 0.25) is 0 Å². The Balaban J connectivity index is 2.65. The highest BCUT2D eigenvalue weighted by Gasteiger charge is 2.24. The van der Waals surface area contributed by atoms with Crippen molar-refractivity contribution in [1.82, 2.24) is 8.96 Å². The van der Waals surface area contributed by atoms with Crippen molar-refractivity contribution in [2.24, 2.45) is 0 Å². The van der Waals surface area contributed by atoms with Crippen molar-refractivity contribution in [3.8, 4) is 5.75 Å². The van der Waals surface area contributed by atoms with Crippen molar-refractivity contribution in [3.05, 3.63) is 42.0 Å². The molecule has 0 spiro atoms. The minimum absolute atomic E-state index is 0.188. The molecule has 0 saturated carbocycles. The van der Waals surface area contributed by atoms with Gasteiger partial charge in [0.2, 0.25) is 0 Å². The highest BCUT2D eigenvalue weighted by molar-refractivity contribution is 7.90. The van der Waals surface area contributed by atoms with Gasteiger partial charge in [0.05, 0.1) is 6.61 Å². The third kappa shape index (κ3) is 3.02. The quantitative estimate of drug-likeness (QED) is 0.819. The Morgan fingerprint density at radius 1 is 1.27 bits per heavy atom. The highest BCUT2D eigenvalue weighted by atomic mass is 32.2. The lowest BCUT2D eigenvalue weighted by molar-refractivity contribution is 0.331. The molecule has 0 fully saturated rings. The first-order valence-corrected chi connectivity index (χ1v) is 8.90. The number of aryl methyl sites for hydroxylation is 1. The summed E-state index contributed by atoms with van der Waals surface area (Å²) in [4.78, 5) is 4.29. The van der Waals surface area contributed by atoms with E-state index >= 15 is 0 Å². The van der Waals surface area contributed by atoms with Crippen LogP contribution < -0.4 is 4.74 Å². The van der Waals surface area contributed by atoms with Crippen LogP contribution in [-0.4, -0.2) is 24.0 Å². The predicted molar refractivity (Wildman–Crippen MR) is 85.9 cm³/mol. The monoisotopic (exact) mass is 322 g/mol. The van der Waals surface area contributed by atoms with Crippen molar-refractivity contribution in [2.45, 2.75) is 44.9 Å². The summed E-state index contributed by atoms with van der Waals surface area (Å²) < 4.78 is 32.7. The fourth-order valence-corrected chi connectivity index (χ4v) is 3.80.